The van der Waals surface area contributed by atoms with Gasteiger partial charge in [0.1, 0.15) is 6.33 Å². The molecule has 0 saturated heterocycles. The molecule has 0 radical (unpaired) electrons. The van der Waals surface area contributed by atoms with E-state index in [0.29, 0.717) is 11.7 Å². The van der Waals surface area contributed by atoms with Gasteiger partial charge in [-0.1, -0.05) is 6.92 Å². The summed E-state index contributed by atoms with van der Waals surface area (Å²) in [6.07, 6.45) is 1.95. The van der Waals surface area contributed by atoms with Gasteiger partial charge in [0.15, 0.2) is 5.16 Å². The second kappa shape index (κ2) is 3.73. The number of hydrogen-bond donors (Lipinski definition) is 2. The van der Waals surface area contributed by atoms with Crippen LogP contribution in [0, 0.1) is 0 Å². The Morgan fingerprint density at radius 2 is 2.55 bits per heavy atom. The first-order valence-corrected chi connectivity index (χ1v) is 3.93. The molecule has 0 bridgehead atoms. The summed E-state index contributed by atoms with van der Waals surface area (Å²) in [4.78, 5) is 0. The van der Waals surface area contributed by atoms with Crippen molar-refractivity contribution < 1.29 is 5.11 Å². The molecule has 0 saturated carbocycles. The van der Waals surface area contributed by atoms with Crippen molar-refractivity contribution >= 4 is 12.6 Å². The van der Waals surface area contributed by atoms with Crippen LogP contribution in [0.25, 0.3) is 0 Å². The minimum atomic E-state index is -0.336. The molecule has 0 spiro atoms. The number of aromatic nitrogens is 3. The largest absolute Gasteiger partial charge is 0.391 e. The van der Waals surface area contributed by atoms with Gasteiger partial charge in [0, 0.05) is 0 Å². The number of thiol groups is 1. The van der Waals surface area contributed by atoms with Crippen LogP contribution in [0.15, 0.2) is 11.5 Å². The zero-order chi connectivity index (χ0) is 8.27. The molecule has 0 fully saturated rings. The molecular weight excluding hydrogens is 162 g/mol. The van der Waals surface area contributed by atoms with Gasteiger partial charge in [0.2, 0.25) is 0 Å². The Morgan fingerprint density at radius 1 is 1.82 bits per heavy atom. The highest BCUT2D eigenvalue weighted by molar-refractivity contribution is 7.80. The third-order valence-corrected chi connectivity index (χ3v) is 1.82. The van der Waals surface area contributed by atoms with Crippen molar-refractivity contribution in [3.63, 3.8) is 0 Å². The van der Waals surface area contributed by atoms with E-state index in [1.807, 2.05) is 6.92 Å². The molecule has 11 heavy (non-hydrogen) atoms. The van der Waals surface area contributed by atoms with Crippen molar-refractivity contribution in [2.45, 2.75) is 31.1 Å². The van der Waals surface area contributed by atoms with E-state index in [-0.39, 0.29) is 6.10 Å². The molecule has 1 aromatic heterocycles. The molecule has 1 N–H and O–H groups in total. The van der Waals surface area contributed by atoms with E-state index in [1.54, 1.807) is 10.9 Å². The van der Waals surface area contributed by atoms with Gasteiger partial charge in [0.05, 0.1) is 12.6 Å². The van der Waals surface area contributed by atoms with Crippen LogP contribution >= 0.6 is 12.6 Å². The van der Waals surface area contributed by atoms with Crippen LogP contribution in [-0.4, -0.2) is 26.0 Å². The first-order chi connectivity index (χ1) is 5.24. The summed E-state index contributed by atoms with van der Waals surface area (Å²) in [5.41, 5.74) is 0. The Kier molecular flexibility index (Phi) is 2.90. The van der Waals surface area contributed by atoms with Crippen LogP contribution < -0.4 is 0 Å². The number of nitrogens with zero attached hydrogens (tertiary/aromatic N) is 3. The van der Waals surface area contributed by atoms with Crippen molar-refractivity contribution in [1.82, 2.24) is 14.8 Å². The third kappa shape index (κ3) is 2.20. The number of aliphatic hydroxyl groups excluding tert-OH is 1. The van der Waals surface area contributed by atoms with Gasteiger partial charge in [-0.2, -0.15) is 0 Å². The highest BCUT2D eigenvalue weighted by atomic mass is 32.1. The Hall–Kier alpha value is -0.550. The molecule has 0 aliphatic heterocycles. The summed E-state index contributed by atoms with van der Waals surface area (Å²) < 4.78 is 1.71. The smallest absolute Gasteiger partial charge is 0.187 e. The van der Waals surface area contributed by atoms with Crippen molar-refractivity contribution in [3.8, 4) is 0 Å². The van der Waals surface area contributed by atoms with Crippen molar-refractivity contribution in [2.75, 3.05) is 0 Å². The van der Waals surface area contributed by atoms with Gasteiger partial charge in [0.25, 0.3) is 0 Å². The normalized spacial score (nSPS) is 13.4. The van der Waals surface area contributed by atoms with Crippen molar-refractivity contribution in [2.24, 2.45) is 0 Å². The molecule has 1 atom stereocenters. The zero-order valence-corrected chi connectivity index (χ0v) is 7.20. The van der Waals surface area contributed by atoms with E-state index in [0.717, 1.165) is 6.42 Å². The Morgan fingerprint density at radius 3 is 3.00 bits per heavy atom. The topological polar surface area (TPSA) is 50.9 Å². The average molecular weight is 173 g/mol. The Labute approximate surface area is 70.7 Å². The van der Waals surface area contributed by atoms with Gasteiger partial charge < -0.3 is 9.67 Å². The predicted molar refractivity (Wildman–Crippen MR) is 43.6 cm³/mol. The summed E-state index contributed by atoms with van der Waals surface area (Å²) in [7, 11) is 0. The monoisotopic (exact) mass is 173 g/mol. The fourth-order valence-electron chi connectivity index (χ4n) is 0.734. The van der Waals surface area contributed by atoms with Gasteiger partial charge in [-0.25, -0.2) is 0 Å². The van der Waals surface area contributed by atoms with E-state index >= 15 is 0 Å². The molecule has 1 rings (SSSR count). The lowest BCUT2D eigenvalue weighted by Gasteiger charge is -2.07. The molecule has 1 unspecified atom stereocenters. The van der Waals surface area contributed by atoms with Gasteiger partial charge in [-0.05, 0) is 6.42 Å². The lowest BCUT2D eigenvalue weighted by Crippen LogP contribution is -2.14. The molecule has 0 aromatic carbocycles. The third-order valence-electron chi connectivity index (χ3n) is 1.47. The van der Waals surface area contributed by atoms with Crippen LogP contribution in [0.1, 0.15) is 13.3 Å². The molecule has 0 aliphatic rings. The van der Waals surface area contributed by atoms with E-state index in [1.165, 1.54) is 0 Å². The SMILES string of the molecule is CCC(O)Cn1cnnc1S. The standard InChI is InChI=1S/C6H11N3OS/c1-2-5(10)3-9-4-7-8-6(9)11/h4-5,10H,2-3H2,1H3,(H,8,11). The minimum Gasteiger partial charge on any atom is -0.391 e. The zero-order valence-electron chi connectivity index (χ0n) is 6.30. The van der Waals surface area contributed by atoms with Crippen LogP contribution in [0.5, 0.6) is 0 Å². The highest BCUT2D eigenvalue weighted by Gasteiger charge is 2.04. The maximum Gasteiger partial charge on any atom is 0.187 e. The van der Waals surface area contributed by atoms with Gasteiger partial charge >= 0.3 is 0 Å². The Balaban J connectivity index is 2.56. The minimum absolute atomic E-state index is 0.336. The van der Waals surface area contributed by atoms with Crippen LogP contribution in [0.4, 0.5) is 0 Å². The fourth-order valence-corrected chi connectivity index (χ4v) is 0.919. The first-order valence-electron chi connectivity index (χ1n) is 3.49. The molecular formula is C6H11N3OS. The van der Waals surface area contributed by atoms with Crippen LogP contribution in [-0.2, 0) is 6.54 Å². The summed E-state index contributed by atoms with van der Waals surface area (Å²) in [6, 6.07) is 0. The lowest BCUT2D eigenvalue weighted by atomic mass is 10.3. The van der Waals surface area contributed by atoms with E-state index in [4.69, 9.17) is 0 Å². The molecule has 0 amide bonds. The first kappa shape index (κ1) is 8.55. The molecule has 0 aliphatic carbocycles. The molecule has 62 valence electrons. The fraction of sp³-hybridized carbons (Fsp3) is 0.667. The lowest BCUT2D eigenvalue weighted by molar-refractivity contribution is 0.146. The maximum absolute atomic E-state index is 9.24. The van der Waals surface area contributed by atoms with Crippen LogP contribution in [0.3, 0.4) is 0 Å². The maximum atomic E-state index is 9.24. The summed E-state index contributed by atoms with van der Waals surface area (Å²) in [5.74, 6) is 0. The Bertz CT molecular complexity index is 225. The van der Waals surface area contributed by atoms with Crippen molar-refractivity contribution in [3.05, 3.63) is 6.33 Å². The van der Waals surface area contributed by atoms with Gasteiger partial charge in [-0.15, -0.1) is 22.8 Å². The summed E-state index contributed by atoms with van der Waals surface area (Å²) in [5, 5.41) is 17.1. The molecule has 1 heterocycles. The van der Waals surface area contributed by atoms with E-state index in [9.17, 15) is 5.11 Å². The number of rotatable bonds is 3. The summed E-state index contributed by atoms with van der Waals surface area (Å²) >= 11 is 4.04. The molecule has 4 nitrogen and oxygen atoms in total. The molecule has 1 aromatic rings. The number of hydrogen-bond acceptors (Lipinski definition) is 4. The quantitative estimate of drug-likeness (QED) is 0.648. The van der Waals surface area contributed by atoms with Crippen molar-refractivity contribution in [1.29, 1.82) is 0 Å². The van der Waals surface area contributed by atoms with E-state index < -0.39 is 0 Å². The average Bonchev–Trinajstić information content (AvgIpc) is 2.37. The second-order valence-corrected chi connectivity index (χ2v) is 2.75. The number of aliphatic hydroxyl groups is 1. The highest BCUT2D eigenvalue weighted by Crippen LogP contribution is 2.02. The second-order valence-electron chi connectivity index (χ2n) is 2.35. The summed E-state index contributed by atoms with van der Waals surface area (Å²) in [6.45, 7) is 2.44. The molecule has 5 heteroatoms. The van der Waals surface area contributed by atoms with E-state index in [2.05, 4.69) is 22.8 Å². The predicted octanol–water partition coefficient (Wildman–Crippen LogP) is 0.338. The van der Waals surface area contributed by atoms with Crippen LogP contribution in [0.2, 0.25) is 0 Å². The van der Waals surface area contributed by atoms with Gasteiger partial charge in [-0.3, -0.25) is 0 Å².